The summed E-state index contributed by atoms with van der Waals surface area (Å²) in [7, 11) is 0. The zero-order valence-corrected chi connectivity index (χ0v) is 13.9. The highest BCUT2D eigenvalue weighted by atomic mass is 35.5. The lowest BCUT2D eigenvalue weighted by Gasteiger charge is -2.10. The standard InChI is InChI=1S/C17H17ClFN3O2/c1-10(2)20-16(23)11-3-5-12(6-4-11)21-17(24)22-13-7-8-15(19)14(18)9-13/h3-10H,1-2H3,(H,20,23)(H2,21,22,24). The number of halogens is 2. The Hall–Kier alpha value is -2.60. The summed E-state index contributed by atoms with van der Waals surface area (Å²) in [4.78, 5) is 23.7. The maximum absolute atomic E-state index is 13.1. The van der Waals surface area contributed by atoms with Crippen molar-refractivity contribution >= 4 is 34.9 Å². The molecule has 0 radical (unpaired) electrons. The Labute approximate surface area is 144 Å². The van der Waals surface area contributed by atoms with Gasteiger partial charge in [-0.15, -0.1) is 0 Å². The molecule has 0 spiro atoms. The quantitative estimate of drug-likeness (QED) is 0.771. The largest absolute Gasteiger partial charge is 0.350 e. The maximum atomic E-state index is 13.1. The van der Waals surface area contributed by atoms with E-state index in [1.54, 1.807) is 24.3 Å². The number of urea groups is 1. The zero-order chi connectivity index (χ0) is 17.7. The number of anilines is 2. The molecule has 5 nitrogen and oxygen atoms in total. The SMILES string of the molecule is CC(C)NC(=O)c1ccc(NC(=O)Nc2ccc(F)c(Cl)c2)cc1. The van der Waals surface area contributed by atoms with Gasteiger partial charge < -0.3 is 16.0 Å². The molecule has 0 aliphatic carbocycles. The van der Waals surface area contributed by atoms with E-state index in [0.717, 1.165) is 0 Å². The summed E-state index contributed by atoms with van der Waals surface area (Å²) in [6.07, 6.45) is 0. The predicted octanol–water partition coefficient (Wildman–Crippen LogP) is 4.26. The number of nitrogens with one attached hydrogen (secondary N) is 3. The molecule has 2 rings (SSSR count). The molecule has 0 saturated carbocycles. The van der Waals surface area contributed by atoms with Crippen LogP contribution in [-0.2, 0) is 0 Å². The Bertz CT molecular complexity index is 748. The van der Waals surface area contributed by atoms with Crippen LogP contribution in [0.1, 0.15) is 24.2 Å². The first kappa shape index (κ1) is 17.7. The van der Waals surface area contributed by atoms with Crippen LogP contribution in [0, 0.1) is 5.82 Å². The molecule has 0 aromatic heterocycles. The highest BCUT2D eigenvalue weighted by molar-refractivity contribution is 6.31. The Morgan fingerprint density at radius 3 is 2.17 bits per heavy atom. The van der Waals surface area contributed by atoms with Crippen LogP contribution in [0.2, 0.25) is 5.02 Å². The summed E-state index contributed by atoms with van der Waals surface area (Å²) in [6, 6.07) is 9.89. The number of hydrogen-bond donors (Lipinski definition) is 3. The Morgan fingerprint density at radius 2 is 1.58 bits per heavy atom. The molecule has 3 N–H and O–H groups in total. The lowest BCUT2D eigenvalue weighted by molar-refractivity contribution is 0.0943. The Kier molecular flexibility index (Phi) is 5.76. The number of amides is 3. The highest BCUT2D eigenvalue weighted by Crippen LogP contribution is 2.19. The zero-order valence-electron chi connectivity index (χ0n) is 13.2. The minimum Gasteiger partial charge on any atom is -0.350 e. The molecule has 0 saturated heterocycles. The lowest BCUT2D eigenvalue weighted by atomic mass is 10.2. The van der Waals surface area contributed by atoms with E-state index in [1.807, 2.05) is 13.8 Å². The topological polar surface area (TPSA) is 70.2 Å². The van der Waals surface area contributed by atoms with Crippen molar-refractivity contribution in [3.8, 4) is 0 Å². The van der Waals surface area contributed by atoms with Crippen molar-refractivity contribution in [3.63, 3.8) is 0 Å². The molecule has 126 valence electrons. The molecule has 0 fully saturated rings. The first-order valence-corrected chi connectivity index (χ1v) is 7.67. The van der Waals surface area contributed by atoms with Crippen LogP contribution in [0.3, 0.4) is 0 Å². The summed E-state index contributed by atoms with van der Waals surface area (Å²) in [5, 5.41) is 7.86. The van der Waals surface area contributed by atoms with Gasteiger partial charge in [-0.3, -0.25) is 4.79 Å². The molecular formula is C17H17ClFN3O2. The molecule has 0 bridgehead atoms. The van der Waals surface area contributed by atoms with Crippen molar-refractivity contribution in [3.05, 3.63) is 58.9 Å². The third-order valence-corrected chi connectivity index (χ3v) is 3.29. The van der Waals surface area contributed by atoms with Crippen molar-refractivity contribution in [2.45, 2.75) is 19.9 Å². The van der Waals surface area contributed by atoms with Crippen LogP contribution in [0.15, 0.2) is 42.5 Å². The molecule has 7 heteroatoms. The van der Waals surface area contributed by atoms with Gasteiger partial charge >= 0.3 is 6.03 Å². The van der Waals surface area contributed by atoms with E-state index < -0.39 is 11.8 Å². The first-order chi connectivity index (χ1) is 11.3. The van der Waals surface area contributed by atoms with E-state index in [9.17, 15) is 14.0 Å². The second-order valence-corrected chi connectivity index (χ2v) is 5.82. The fraction of sp³-hybridized carbons (Fsp3) is 0.176. The van der Waals surface area contributed by atoms with Gasteiger partial charge in [0.05, 0.1) is 5.02 Å². The normalized spacial score (nSPS) is 10.4. The second kappa shape index (κ2) is 7.79. The van der Waals surface area contributed by atoms with Gasteiger partial charge in [0.2, 0.25) is 0 Å². The maximum Gasteiger partial charge on any atom is 0.323 e. The van der Waals surface area contributed by atoms with E-state index >= 15 is 0 Å². The second-order valence-electron chi connectivity index (χ2n) is 5.41. The first-order valence-electron chi connectivity index (χ1n) is 7.29. The number of carbonyl (C=O) groups is 2. The summed E-state index contributed by atoms with van der Waals surface area (Å²) in [6.45, 7) is 3.75. The Balaban J connectivity index is 1.96. The summed E-state index contributed by atoms with van der Waals surface area (Å²) in [5.41, 5.74) is 1.38. The van der Waals surface area contributed by atoms with Crippen LogP contribution in [0.25, 0.3) is 0 Å². The molecule has 2 aromatic carbocycles. The van der Waals surface area contributed by atoms with Crippen LogP contribution >= 0.6 is 11.6 Å². The van der Waals surface area contributed by atoms with Crippen molar-refractivity contribution in [1.29, 1.82) is 0 Å². The van der Waals surface area contributed by atoms with Crippen molar-refractivity contribution in [2.24, 2.45) is 0 Å². The molecule has 3 amide bonds. The van der Waals surface area contributed by atoms with Crippen molar-refractivity contribution in [1.82, 2.24) is 5.32 Å². The van der Waals surface area contributed by atoms with Gasteiger partial charge in [-0.25, -0.2) is 9.18 Å². The summed E-state index contributed by atoms with van der Waals surface area (Å²) < 4.78 is 13.1. The average molecular weight is 350 g/mol. The fourth-order valence-corrected chi connectivity index (χ4v) is 2.10. The molecule has 2 aromatic rings. The molecule has 0 atom stereocenters. The van der Waals surface area contributed by atoms with Crippen LogP contribution < -0.4 is 16.0 Å². The van der Waals surface area contributed by atoms with Gasteiger partial charge in [0.15, 0.2) is 0 Å². The minimum atomic E-state index is -0.558. The van der Waals surface area contributed by atoms with Gasteiger partial charge in [-0.05, 0) is 56.3 Å². The highest BCUT2D eigenvalue weighted by Gasteiger charge is 2.08. The van der Waals surface area contributed by atoms with Crippen LogP contribution in [0.4, 0.5) is 20.6 Å². The van der Waals surface area contributed by atoms with E-state index in [1.165, 1.54) is 18.2 Å². The monoisotopic (exact) mass is 349 g/mol. The molecular weight excluding hydrogens is 333 g/mol. The number of carbonyl (C=O) groups excluding carboxylic acids is 2. The molecule has 0 heterocycles. The van der Waals surface area contributed by atoms with Gasteiger partial charge in [0.25, 0.3) is 5.91 Å². The summed E-state index contributed by atoms with van der Waals surface area (Å²) in [5.74, 6) is -0.736. The average Bonchev–Trinajstić information content (AvgIpc) is 2.51. The van der Waals surface area contributed by atoms with E-state index in [0.29, 0.717) is 16.9 Å². The minimum absolute atomic E-state index is 0.0450. The third-order valence-electron chi connectivity index (χ3n) is 3.00. The predicted molar refractivity (Wildman–Crippen MR) is 93.1 cm³/mol. The van der Waals surface area contributed by atoms with Gasteiger partial charge in [0, 0.05) is 23.0 Å². The van der Waals surface area contributed by atoms with Crippen molar-refractivity contribution < 1.29 is 14.0 Å². The number of rotatable bonds is 4. The smallest absolute Gasteiger partial charge is 0.323 e. The van der Waals surface area contributed by atoms with Crippen LogP contribution in [0.5, 0.6) is 0 Å². The van der Waals surface area contributed by atoms with Crippen molar-refractivity contribution in [2.75, 3.05) is 10.6 Å². The molecule has 0 aliphatic heterocycles. The van der Waals surface area contributed by atoms with E-state index in [2.05, 4.69) is 16.0 Å². The number of hydrogen-bond acceptors (Lipinski definition) is 2. The number of benzene rings is 2. The third kappa shape index (κ3) is 4.96. The summed E-state index contributed by atoms with van der Waals surface area (Å²) >= 11 is 5.66. The fourth-order valence-electron chi connectivity index (χ4n) is 1.92. The molecule has 0 aliphatic rings. The van der Waals surface area contributed by atoms with Gasteiger partial charge in [-0.2, -0.15) is 0 Å². The lowest BCUT2D eigenvalue weighted by Crippen LogP contribution is -2.30. The van der Waals surface area contributed by atoms with E-state index in [-0.39, 0.29) is 17.0 Å². The van der Waals surface area contributed by atoms with Crippen LogP contribution in [-0.4, -0.2) is 18.0 Å². The van der Waals surface area contributed by atoms with E-state index in [4.69, 9.17) is 11.6 Å². The molecule has 0 unspecified atom stereocenters. The molecule has 24 heavy (non-hydrogen) atoms. The Morgan fingerprint density at radius 1 is 1.00 bits per heavy atom. The van der Waals surface area contributed by atoms with Gasteiger partial charge in [0.1, 0.15) is 5.82 Å². The van der Waals surface area contributed by atoms with Gasteiger partial charge in [-0.1, -0.05) is 11.6 Å².